The summed E-state index contributed by atoms with van der Waals surface area (Å²) >= 11 is 0. The first-order valence-electron chi connectivity index (χ1n) is 3.78. The number of Topliss-reactive ketones (excluding diaryl/α,β-unsaturated/α-hetero) is 2. The number of hydrogen-bond donors (Lipinski definition) is 0. The Balaban J connectivity index is 0. The fourth-order valence-corrected chi connectivity index (χ4v) is 0.351. The van der Waals surface area contributed by atoms with Crippen LogP contribution >= 0.6 is 0 Å². The fraction of sp³-hybridized carbons (Fsp3) is 0.667. The van der Waals surface area contributed by atoms with E-state index < -0.39 is 0 Å². The smallest absolute Gasteiger partial charge is 0.137 e. The molecule has 0 radical (unpaired) electrons. The zero-order valence-corrected chi connectivity index (χ0v) is 8.05. The van der Waals surface area contributed by atoms with Gasteiger partial charge in [-0.3, -0.25) is 9.59 Å². The largest absolute Gasteiger partial charge is 0.300 e. The Morgan fingerprint density at radius 3 is 1.50 bits per heavy atom. The van der Waals surface area contributed by atoms with E-state index in [-0.39, 0.29) is 23.9 Å². The molecule has 0 rings (SSSR count). The minimum Gasteiger partial charge on any atom is -0.300 e. The summed E-state index contributed by atoms with van der Waals surface area (Å²) < 4.78 is 0. The van der Waals surface area contributed by atoms with Gasteiger partial charge in [0.1, 0.15) is 11.6 Å². The molecule has 0 atom stereocenters. The monoisotopic (exact) mass is 169 g/mol. The molecule has 0 saturated carbocycles. The molecular formula is C9H15NO2. The van der Waals surface area contributed by atoms with Crippen LogP contribution in [0.5, 0.6) is 0 Å². The molecule has 0 saturated heterocycles. The fourth-order valence-electron chi connectivity index (χ4n) is 0.351. The van der Waals surface area contributed by atoms with Crippen LogP contribution in [0.1, 0.15) is 34.1 Å². The van der Waals surface area contributed by atoms with Crippen molar-refractivity contribution in [2.45, 2.75) is 34.1 Å². The number of carbonyl (C=O) groups is 2. The highest BCUT2D eigenvalue weighted by molar-refractivity contribution is 5.96. The summed E-state index contributed by atoms with van der Waals surface area (Å²) in [6.07, 6.45) is 0.0833. The van der Waals surface area contributed by atoms with Gasteiger partial charge in [0, 0.05) is 5.92 Å². The van der Waals surface area contributed by atoms with Crippen molar-refractivity contribution in [1.82, 2.24) is 0 Å². The molecule has 0 amide bonds. The molecule has 0 unspecified atom stereocenters. The molecular weight excluding hydrogens is 154 g/mol. The highest BCUT2D eigenvalue weighted by Gasteiger charge is 1.94. The summed E-state index contributed by atoms with van der Waals surface area (Å²) in [5, 5.41) is 7.89. The van der Waals surface area contributed by atoms with Crippen LogP contribution in [0.15, 0.2) is 0 Å². The third-order valence-corrected chi connectivity index (χ3v) is 0.756. The predicted molar refractivity (Wildman–Crippen MR) is 46.4 cm³/mol. The molecule has 0 N–H and O–H groups in total. The average Bonchev–Trinajstić information content (AvgIpc) is 1.85. The van der Waals surface area contributed by atoms with Gasteiger partial charge in [0.25, 0.3) is 0 Å². The van der Waals surface area contributed by atoms with Crippen LogP contribution in [0, 0.1) is 17.2 Å². The first-order chi connectivity index (χ1) is 5.40. The van der Waals surface area contributed by atoms with Crippen LogP contribution in [0.2, 0.25) is 0 Å². The number of nitriles is 1. The maximum atomic E-state index is 10.0. The lowest BCUT2D eigenvalue weighted by Gasteiger charge is -1.81. The number of rotatable bonds is 2. The van der Waals surface area contributed by atoms with E-state index in [0.717, 1.165) is 0 Å². The maximum Gasteiger partial charge on any atom is 0.137 e. The number of nitrogens with zero attached hydrogens (tertiary/aromatic N) is 1. The Labute approximate surface area is 73.4 Å². The van der Waals surface area contributed by atoms with Crippen molar-refractivity contribution in [3.05, 3.63) is 0 Å². The molecule has 0 aliphatic heterocycles. The topological polar surface area (TPSA) is 57.9 Å². The first-order valence-corrected chi connectivity index (χ1v) is 3.78. The van der Waals surface area contributed by atoms with Crippen LogP contribution in [-0.2, 0) is 9.59 Å². The summed E-state index contributed by atoms with van der Waals surface area (Å²) in [7, 11) is 0. The third kappa shape index (κ3) is 23.2. The Kier molecular flexibility index (Phi) is 8.87. The average molecular weight is 169 g/mol. The van der Waals surface area contributed by atoms with Crippen LogP contribution in [0.4, 0.5) is 0 Å². The van der Waals surface area contributed by atoms with E-state index >= 15 is 0 Å². The van der Waals surface area contributed by atoms with Crippen molar-refractivity contribution in [1.29, 1.82) is 5.26 Å². The summed E-state index contributed by atoms with van der Waals surface area (Å²) in [6.45, 7) is 6.53. The second-order valence-electron chi connectivity index (χ2n) is 2.86. The zero-order valence-electron chi connectivity index (χ0n) is 8.05. The van der Waals surface area contributed by atoms with Crippen molar-refractivity contribution in [3.8, 4) is 6.07 Å². The Morgan fingerprint density at radius 1 is 1.25 bits per heavy atom. The van der Waals surface area contributed by atoms with Crippen molar-refractivity contribution in [2.75, 3.05) is 0 Å². The van der Waals surface area contributed by atoms with E-state index in [1.807, 2.05) is 19.9 Å². The highest BCUT2D eigenvalue weighted by atomic mass is 16.1. The van der Waals surface area contributed by atoms with Crippen LogP contribution in [0.3, 0.4) is 0 Å². The van der Waals surface area contributed by atoms with E-state index in [0.29, 0.717) is 0 Å². The summed E-state index contributed by atoms with van der Waals surface area (Å²) in [6, 6.07) is 2.03. The molecule has 3 nitrogen and oxygen atoms in total. The highest BCUT2D eigenvalue weighted by Crippen LogP contribution is 1.82. The van der Waals surface area contributed by atoms with Crippen LogP contribution in [0.25, 0.3) is 0 Å². The van der Waals surface area contributed by atoms with E-state index in [4.69, 9.17) is 5.26 Å². The minimum absolute atomic E-state index is 0.0625. The number of hydrogen-bond acceptors (Lipinski definition) is 3. The SMILES string of the molecule is CC(=O)CC(C)=O.CC(C)C#N. The molecule has 0 fully saturated rings. The van der Waals surface area contributed by atoms with Gasteiger partial charge in [0.05, 0.1) is 12.5 Å². The molecule has 0 aromatic rings. The summed E-state index contributed by atoms with van der Waals surface area (Å²) in [4.78, 5) is 20.1. The van der Waals surface area contributed by atoms with Crippen molar-refractivity contribution in [3.63, 3.8) is 0 Å². The second-order valence-corrected chi connectivity index (χ2v) is 2.86. The third-order valence-electron chi connectivity index (χ3n) is 0.756. The molecule has 0 aromatic carbocycles. The predicted octanol–water partition coefficient (Wildman–Crippen LogP) is 1.72. The Morgan fingerprint density at radius 2 is 1.50 bits per heavy atom. The van der Waals surface area contributed by atoms with E-state index in [9.17, 15) is 9.59 Å². The van der Waals surface area contributed by atoms with Gasteiger partial charge in [-0.05, 0) is 27.7 Å². The van der Waals surface area contributed by atoms with Gasteiger partial charge >= 0.3 is 0 Å². The van der Waals surface area contributed by atoms with Gasteiger partial charge in [-0.1, -0.05) is 0 Å². The maximum absolute atomic E-state index is 10.0. The van der Waals surface area contributed by atoms with Crippen molar-refractivity contribution < 1.29 is 9.59 Å². The molecule has 68 valence electrons. The van der Waals surface area contributed by atoms with Crippen LogP contribution in [-0.4, -0.2) is 11.6 Å². The number of ketones is 2. The molecule has 0 spiro atoms. The molecule has 3 heteroatoms. The van der Waals surface area contributed by atoms with Crippen LogP contribution < -0.4 is 0 Å². The van der Waals surface area contributed by atoms with E-state index in [1.54, 1.807) is 0 Å². The first kappa shape index (κ1) is 13.4. The van der Waals surface area contributed by atoms with E-state index in [2.05, 4.69) is 0 Å². The van der Waals surface area contributed by atoms with Gasteiger partial charge in [-0.25, -0.2) is 0 Å². The standard InChI is InChI=1S/C5H8O2.C4H7N/c1-4(6)3-5(2)7;1-4(2)3-5/h3H2,1-2H3;4H,1-2H3. The summed E-state index contributed by atoms with van der Waals surface area (Å²) in [5.74, 6) is 0.0648. The number of carbonyl (C=O) groups excluding carboxylic acids is 2. The van der Waals surface area contributed by atoms with E-state index in [1.165, 1.54) is 13.8 Å². The lowest BCUT2D eigenvalue weighted by molar-refractivity contribution is -0.124. The minimum atomic E-state index is -0.0625. The molecule has 0 aliphatic rings. The lowest BCUT2D eigenvalue weighted by Crippen LogP contribution is -1.97. The van der Waals surface area contributed by atoms with Gasteiger partial charge < -0.3 is 0 Å². The zero-order chi connectivity index (χ0) is 10.1. The van der Waals surface area contributed by atoms with Gasteiger partial charge in [0.15, 0.2) is 0 Å². The normalized spacial score (nSPS) is 8.00. The molecule has 12 heavy (non-hydrogen) atoms. The second kappa shape index (κ2) is 7.93. The molecule has 0 aliphatic carbocycles. The Bertz CT molecular complexity index is 177. The van der Waals surface area contributed by atoms with Crippen molar-refractivity contribution >= 4 is 11.6 Å². The van der Waals surface area contributed by atoms with Gasteiger partial charge in [-0.15, -0.1) is 0 Å². The van der Waals surface area contributed by atoms with Gasteiger partial charge in [0.2, 0.25) is 0 Å². The van der Waals surface area contributed by atoms with Crippen molar-refractivity contribution in [2.24, 2.45) is 5.92 Å². The molecule has 0 bridgehead atoms. The molecule has 0 heterocycles. The summed E-state index contributed by atoms with van der Waals surface area (Å²) in [5.41, 5.74) is 0. The lowest BCUT2D eigenvalue weighted by atomic mass is 10.2. The molecule has 0 aromatic heterocycles. The quantitative estimate of drug-likeness (QED) is 0.591. The Hall–Kier alpha value is -1.17. The van der Waals surface area contributed by atoms with Gasteiger partial charge in [-0.2, -0.15) is 5.26 Å².